The highest BCUT2D eigenvalue weighted by atomic mass is 16.3. The van der Waals surface area contributed by atoms with Crippen LogP contribution in [-0.2, 0) is 4.79 Å². The molecule has 3 heteroatoms. The fraction of sp³-hybridized carbons (Fsp3) is 0.786. The van der Waals surface area contributed by atoms with Gasteiger partial charge in [0.05, 0.1) is 5.60 Å². The Labute approximate surface area is 104 Å². The van der Waals surface area contributed by atoms with Crippen molar-refractivity contribution in [2.24, 2.45) is 17.1 Å². The summed E-state index contributed by atoms with van der Waals surface area (Å²) in [5.41, 5.74) is 5.11. The number of carbonyl (C=O) groups is 1. The molecular formula is C14H25NO2. The average molecular weight is 239 g/mol. The summed E-state index contributed by atoms with van der Waals surface area (Å²) >= 11 is 0. The van der Waals surface area contributed by atoms with Crippen molar-refractivity contribution in [2.75, 3.05) is 0 Å². The Balaban J connectivity index is 2.68. The first-order valence-electron chi connectivity index (χ1n) is 6.36. The highest BCUT2D eigenvalue weighted by Crippen LogP contribution is 2.42. The molecule has 0 heterocycles. The van der Waals surface area contributed by atoms with E-state index in [1.165, 1.54) is 0 Å². The van der Waals surface area contributed by atoms with E-state index in [0.29, 0.717) is 16.9 Å². The molecule has 1 amide bonds. The molecule has 1 aliphatic carbocycles. The van der Waals surface area contributed by atoms with Crippen molar-refractivity contribution >= 4 is 5.91 Å². The molecule has 0 aromatic carbocycles. The molecule has 0 radical (unpaired) electrons. The zero-order valence-corrected chi connectivity index (χ0v) is 11.4. The zero-order valence-electron chi connectivity index (χ0n) is 11.4. The Morgan fingerprint density at radius 1 is 1.35 bits per heavy atom. The highest BCUT2D eigenvalue weighted by molar-refractivity contribution is 5.91. The molecule has 0 aromatic heterocycles. The van der Waals surface area contributed by atoms with Crippen LogP contribution in [0.15, 0.2) is 11.6 Å². The first-order chi connectivity index (χ1) is 7.64. The van der Waals surface area contributed by atoms with Crippen LogP contribution < -0.4 is 5.73 Å². The van der Waals surface area contributed by atoms with E-state index in [2.05, 4.69) is 20.8 Å². The first kappa shape index (κ1) is 14.2. The molecule has 1 fully saturated rings. The number of hydrogen-bond acceptors (Lipinski definition) is 2. The van der Waals surface area contributed by atoms with Gasteiger partial charge in [0, 0.05) is 5.57 Å². The van der Waals surface area contributed by atoms with Crippen LogP contribution in [0, 0.1) is 11.3 Å². The fourth-order valence-corrected chi connectivity index (χ4v) is 2.60. The molecule has 0 aliphatic heterocycles. The molecule has 0 bridgehead atoms. The Bertz CT molecular complexity index is 318. The Hall–Kier alpha value is -0.830. The second-order valence-corrected chi connectivity index (χ2v) is 6.44. The number of carbonyl (C=O) groups excluding carboxylic acids is 1. The van der Waals surface area contributed by atoms with Crippen LogP contribution in [-0.4, -0.2) is 16.6 Å². The molecule has 0 unspecified atom stereocenters. The van der Waals surface area contributed by atoms with Gasteiger partial charge in [0.2, 0.25) is 5.91 Å². The standard InChI is InChI=1S/C14H25NO2/c1-10(12(15)16)9-14(17)7-5-11(6-8-14)13(2,3)4/h9,11,17H,5-8H2,1-4H3,(H2,15,16). The van der Waals surface area contributed by atoms with Crippen molar-refractivity contribution in [2.45, 2.75) is 59.0 Å². The van der Waals surface area contributed by atoms with Gasteiger partial charge in [-0.3, -0.25) is 4.79 Å². The lowest BCUT2D eigenvalue weighted by Gasteiger charge is -2.40. The third kappa shape index (κ3) is 3.84. The largest absolute Gasteiger partial charge is 0.386 e. The van der Waals surface area contributed by atoms with E-state index in [9.17, 15) is 9.90 Å². The minimum absolute atomic E-state index is 0.295. The number of aliphatic hydroxyl groups is 1. The van der Waals surface area contributed by atoms with E-state index in [4.69, 9.17) is 5.73 Å². The molecule has 98 valence electrons. The van der Waals surface area contributed by atoms with Gasteiger partial charge >= 0.3 is 0 Å². The summed E-state index contributed by atoms with van der Waals surface area (Å²) in [6, 6.07) is 0. The number of amides is 1. The molecule has 1 aliphatic rings. The van der Waals surface area contributed by atoms with E-state index in [1.807, 2.05) is 0 Å². The number of rotatable bonds is 2. The van der Waals surface area contributed by atoms with Crippen LogP contribution in [0.1, 0.15) is 53.4 Å². The van der Waals surface area contributed by atoms with E-state index in [-0.39, 0.29) is 0 Å². The van der Waals surface area contributed by atoms with E-state index in [1.54, 1.807) is 13.0 Å². The van der Waals surface area contributed by atoms with Gasteiger partial charge < -0.3 is 10.8 Å². The van der Waals surface area contributed by atoms with Gasteiger partial charge in [-0.05, 0) is 50.0 Å². The topological polar surface area (TPSA) is 63.3 Å². The van der Waals surface area contributed by atoms with Crippen molar-refractivity contribution in [3.05, 3.63) is 11.6 Å². The van der Waals surface area contributed by atoms with Crippen LogP contribution in [0.4, 0.5) is 0 Å². The maximum absolute atomic E-state index is 11.0. The first-order valence-corrected chi connectivity index (χ1v) is 6.36. The zero-order chi connectivity index (χ0) is 13.3. The lowest BCUT2D eigenvalue weighted by atomic mass is 9.68. The second kappa shape index (κ2) is 4.81. The Morgan fingerprint density at radius 2 is 1.82 bits per heavy atom. The molecule has 3 nitrogen and oxygen atoms in total. The molecule has 1 rings (SSSR count). The molecular weight excluding hydrogens is 214 g/mol. The summed E-state index contributed by atoms with van der Waals surface area (Å²) < 4.78 is 0. The second-order valence-electron chi connectivity index (χ2n) is 6.44. The molecule has 0 aromatic rings. The quantitative estimate of drug-likeness (QED) is 0.727. The summed E-state index contributed by atoms with van der Waals surface area (Å²) in [5.74, 6) is 0.196. The third-order valence-electron chi connectivity index (χ3n) is 3.95. The number of primary amides is 1. The molecule has 17 heavy (non-hydrogen) atoms. The number of nitrogens with two attached hydrogens (primary N) is 1. The molecule has 0 saturated heterocycles. The van der Waals surface area contributed by atoms with Crippen LogP contribution >= 0.6 is 0 Å². The van der Waals surface area contributed by atoms with Crippen molar-refractivity contribution in [3.8, 4) is 0 Å². The van der Waals surface area contributed by atoms with Gasteiger partial charge in [-0.2, -0.15) is 0 Å². The summed E-state index contributed by atoms with van der Waals surface area (Å²) in [6.07, 6.45) is 5.10. The monoisotopic (exact) mass is 239 g/mol. The van der Waals surface area contributed by atoms with E-state index >= 15 is 0 Å². The van der Waals surface area contributed by atoms with Crippen LogP contribution in [0.5, 0.6) is 0 Å². The fourth-order valence-electron chi connectivity index (χ4n) is 2.60. The van der Waals surface area contributed by atoms with Crippen LogP contribution in [0.3, 0.4) is 0 Å². The summed E-state index contributed by atoms with van der Waals surface area (Å²) in [4.78, 5) is 11.0. The number of hydrogen-bond donors (Lipinski definition) is 2. The summed E-state index contributed by atoms with van der Waals surface area (Å²) in [5, 5.41) is 10.4. The third-order valence-corrected chi connectivity index (χ3v) is 3.95. The lowest BCUT2D eigenvalue weighted by Crippen LogP contribution is -2.36. The maximum atomic E-state index is 11.0. The predicted octanol–water partition coefficient (Wildman–Crippen LogP) is 2.39. The van der Waals surface area contributed by atoms with Gasteiger partial charge in [-0.1, -0.05) is 20.8 Å². The normalized spacial score (nSPS) is 31.4. The predicted molar refractivity (Wildman–Crippen MR) is 69.3 cm³/mol. The highest BCUT2D eigenvalue weighted by Gasteiger charge is 2.36. The average Bonchev–Trinajstić information content (AvgIpc) is 2.15. The SMILES string of the molecule is CC(=CC1(O)CCC(C(C)(C)C)CC1)C(N)=O. The molecule has 3 N–H and O–H groups in total. The minimum atomic E-state index is -0.832. The minimum Gasteiger partial charge on any atom is -0.386 e. The van der Waals surface area contributed by atoms with E-state index in [0.717, 1.165) is 25.7 Å². The van der Waals surface area contributed by atoms with Gasteiger partial charge in [0.15, 0.2) is 0 Å². The van der Waals surface area contributed by atoms with Gasteiger partial charge in [-0.15, -0.1) is 0 Å². The lowest BCUT2D eigenvalue weighted by molar-refractivity contribution is -0.114. The molecule has 1 saturated carbocycles. The van der Waals surface area contributed by atoms with Crippen molar-refractivity contribution in [1.29, 1.82) is 0 Å². The maximum Gasteiger partial charge on any atom is 0.244 e. The molecule has 0 spiro atoms. The van der Waals surface area contributed by atoms with Gasteiger partial charge in [0.1, 0.15) is 0 Å². The van der Waals surface area contributed by atoms with Crippen LogP contribution in [0.25, 0.3) is 0 Å². The van der Waals surface area contributed by atoms with Crippen LogP contribution in [0.2, 0.25) is 0 Å². The Morgan fingerprint density at radius 3 is 2.18 bits per heavy atom. The van der Waals surface area contributed by atoms with Crippen molar-refractivity contribution in [3.63, 3.8) is 0 Å². The van der Waals surface area contributed by atoms with E-state index < -0.39 is 11.5 Å². The summed E-state index contributed by atoms with van der Waals surface area (Å²) in [7, 11) is 0. The van der Waals surface area contributed by atoms with Gasteiger partial charge in [-0.25, -0.2) is 0 Å². The van der Waals surface area contributed by atoms with Crippen molar-refractivity contribution in [1.82, 2.24) is 0 Å². The Kier molecular flexibility index (Phi) is 4.03. The molecule has 0 atom stereocenters. The summed E-state index contributed by atoms with van der Waals surface area (Å²) in [6.45, 7) is 8.39. The van der Waals surface area contributed by atoms with Gasteiger partial charge in [0.25, 0.3) is 0 Å². The smallest absolute Gasteiger partial charge is 0.244 e. The van der Waals surface area contributed by atoms with Crippen molar-refractivity contribution < 1.29 is 9.90 Å².